The van der Waals surface area contributed by atoms with E-state index in [1.165, 1.54) is 0 Å². The minimum absolute atomic E-state index is 0. The van der Waals surface area contributed by atoms with Crippen LogP contribution in [0.5, 0.6) is 0 Å². The van der Waals surface area contributed by atoms with Gasteiger partial charge in [-0.15, -0.1) is 12.4 Å². The molecule has 0 unspecified atom stereocenters. The van der Waals surface area contributed by atoms with Crippen molar-refractivity contribution in [2.24, 2.45) is 5.73 Å². The molecule has 2 saturated heterocycles. The van der Waals surface area contributed by atoms with Crippen LogP contribution < -0.4 is 27.0 Å². The van der Waals surface area contributed by atoms with Gasteiger partial charge < -0.3 is 27.0 Å². The zero-order valence-electron chi connectivity index (χ0n) is 16.8. The van der Waals surface area contributed by atoms with E-state index in [2.05, 4.69) is 21.3 Å². The highest BCUT2D eigenvalue weighted by Crippen LogP contribution is 2.33. The van der Waals surface area contributed by atoms with Crippen LogP contribution in [0.4, 0.5) is 4.79 Å². The highest BCUT2D eigenvalue weighted by atomic mass is 35.5. The number of nitrogens with one attached hydrogen (secondary N) is 4. The number of fused-ring (bicyclic) bond motifs is 1. The van der Waals surface area contributed by atoms with Crippen molar-refractivity contribution in [3.05, 3.63) is 35.4 Å². The predicted octanol–water partition coefficient (Wildman–Crippen LogP) is 1.14. The molecule has 2 heterocycles. The van der Waals surface area contributed by atoms with Crippen LogP contribution in [0.3, 0.4) is 0 Å². The summed E-state index contributed by atoms with van der Waals surface area (Å²) in [6.07, 6.45) is 3.25. The zero-order valence-corrected chi connectivity index (χ0v) is 18.4. The standard InChI is InChI=1S/C20H29N5O3S.ClH/c21-11-13-4-3-5-14(10-13)19(27)23-9-8-22-17(26)7-2-1-6-16-18-15(12-29-16)24-20(28)25-18;/h3-5,10,15-16,18H,1-2,6-9,11-12,21H2,(H,22,26)(H,23,27)(H2,24,25,28);1H/t15-,16-,18-;/m0./s1. The molecular weight excluding hydrogens is 426 g/mol. The summed E-state index contributed by atoms with van der Waals surface area (Å²) in [5.41, 5.74) is 7.06. The Morgan fingerprint density at radius 2 is 1.97 bits per heavy atom. The van der Waals surface area contributed by atoms with Gasteiger partial charge in [-0.05, 0) is 30.5 Å². The summed E-state index contributed by atoms with van der Waals surface area (Å²) in [6.45, 7) is 1.18. The van der Waals surface area contributed by atoms with Gasteiger partial charge in [0.2, 0.25) is 5.91 Å². The van der Waals surface area contributed by atoms with Crippen LogP contribution >= 0.6 is 24.2 Å². The highest BCUT2D eigenvalue weighted by Gasteiger charge is 2.42. The zero-order chi connectivity index (χ0) is 20.6. The van der Waals surface area contributed by atoms with Crippen LogP contribution in [0.15, 0.2) is 24.3 Å². The van der Waals surface area contributed by atoms with E-state index < -0.39 is 0 Å². The Morgan fingerprint density at radius 1 is 1.17 bits per heavy atom. The van der Waals surface area contributed by atoms with Gasteiger partial charge in [0.05, 0.1) is 12.1 Å². The van der Waals surface area contributed by atoms with Crippen molar-refractivity contribution >= 4 is 42.0 Å². The maximum atomic E-state index is 12.1. The molecule has 30 heavy (non-hydrogen) atoms. The molecule has 6 N–H and O–H groups in total. The molecule has 10 heteroatoms. The second kappa shape index (κ2) is 12.0. The second-order valence-corrected chi connectivity index (χ2v) is 8.65. The van der Waals surface area contributed by atoms with Gasteiger partial charge in [0, 0.05) is 42.6 Å². The summed E-state index contributed by atoms with van der Waals surface area (Å²) in [7, 11) is 0. The minimum atomic E-state index is -0.171. The van der Waals surface area contributed by atoms with E-state index in [0.717, 1.165) is 30.6 Å². The normalized spacial score (nSPS) is 21.8. The predicted molar refractivity (Wildman–Crippen MR) is 121 cm³/mol. The first-order chi connectivity index (χ1) is 14.1. The number of benzene rings is 1. The Labute approximate surface area is 187 Å². The largest absolute Gasteiger partial charge is 0.354 e. The van der Waals surface area contributed by atoms with Crippen molar-refractivity contribution in [1.82, 2.24) is 21.3 Å². The first-order valence-corrected chi connectivity index (χ1v) is 11.1. The van der Waals surface area contributed by atoms with Gasteiger partial charge >= 0.3 is 6.03 Å². The average molecular weight is 456 g/mol. The number of nitrogens with two attached hydrogens (primary N) is 1. The van der Waals surface area contributed by atoms with Crippen molar-refractivity contribution < 1.29 is 14.4 Å². The first kappa shape index (κ1) is 24.3. The number of thioether (sulfide) groups is 1. The van der Waals surface area contributed by atoms with E-state index in [9.17, 15) is 14.4 Å². The molecule has 4 amide bonds. The Kier molecular flexibility index (Phi) is 9.74. The Balaban J connectivity index is 0.00000320. The molecule has 0 spiro atoms. The lowest BCUT2D eigenvalue weighted by atomic mass is 10.0. The van der Waals surface area contributed by atoms with E-state index in [4.69, 9.17) is 5.73 Å². The third-order valence-electron chi connectivity index (χ3n) is 5.24. The number of rotatable bonds is 10. The number of amides is 4. The van der Waals surface area contributed by atoms with Crippen molar-refractivity contribution in [2.45, 2.75) is 49.6 Å². The molecule has 3 rings (SSSR count). The fourth-order valence-electron chi connectivity index (χ4n) is 3.68. The van der Waals surface area contributed by atoms with E-state index in [-0.39, 0.29) is 42.3 Å². The topological polar surface area (TPSA) is 125 Å². The second-order valence-electron chi connectivity index (χ2n) is 7.38. The van der Waals surface area contributed by atoms with Gasteiger partial charge in [0.25, 0.3) is 5.91 Å². The molecule has 2 aliphatic rings. The summed E-state index contributed by atoms with van der Waals surface area (Å²) >= 11 is 1.89. The van der Waals surface area contributed by atoms with Crippen LogP contribution in [0.1, 0.15) is 41.6 Å². The molecule has 0 radical (unpaired) electrons. The van der Waals surface area contributed by atoms with Gasteiger partial charge in [0.15, 0.2) is 0 Å². The number of hydrogen-bond acceptors (Lipinski definition) is 5. The number of urea groups is 1. The maximum absolute atomic E-state index is 12.1. The van der Waals surface area contributed by atoms with E-state index in [1.807, 2.05) is 17.8 Å². The van der Waals surface area contributed by atoms with Crippen LogP contribution in [-0.4, -0.2) is 54.0 Å². The minimum Gasteiger partial charge on any atom is -0.354 e. The molecule has 1 aromatic carbocycles. The fraction of sp³-hybridized carbons (Fsp3) is 0.550. The molecule has 0 bridgehead atoms. The summed E-state index contributed by atoms with van der Waals surface area (Å²) in [5.74, 6) is 0.782. The lowest BCUT2D eigenvalue weighted by Crippen LogP contribution is -2.36. The van der Waals surface area contributed by atoms with Gasteiger partial charge in [-0.3, -0.25) is 9.59 Å². The lowest BCUT2D eigenvalue weighted by molar-refractivity contribution is -0.121. The Bertz CT molecular complexity index is 751. The van der Waals surface area contributed by atoms with Gasteiger partial charge in [-0.25, -0.2) is 4.79 Å². The molecule has 166 valence electrons. The number of carbonyl (C=O) groups is 3. The van der Waals surface area contributed by atoms with E-state index >= 15 is 0 Å². The van der Waals surface area contributed by atoms with Gasteiger partial charge in [-0.1, -0.05) is 18.6 Å². The van der Waals surface area contributed by atoms with Gasteiger partial charge in [0.1, 0.15) is 0 Å². The third-order valence-corrected chi connectivity index (χ3v) is 6.75. The van der Waals surface area contributed by atoms with Crippen molar-refractivity contribution in [3.8, 4) is 0 Å². The van der Waals surface area contributed by atoms with Crippen molar-refractivity contribution in [1.29, 1.82) is 0 Å². The van der Waals surface area contributed by atoms with Crippen LogP contribution in [0, 0.1) is 0 Å². The molecular formula is C20H30ClN5O3S. The summed E-state index contributed by atoms with van der Waals surface area (Å²) in [5, 5.41) is 12.0. The number of hydrogen-bond donors (Lipinski definition) is 5. The molecule has 2 aliphatic heterocycles. The highest BCUT2D eigenvalue weighted by molar-refractivity contribution is 8.00. The first-order valence-electron chi connectivity index (χ1n) is 10.1. The molecule has 2 fully saturated rings. The maximum Gasteiger partial charge on any atom is 0.315 e. The molecule has 0 saturated carbocycles. The molecule has 3 atom stereocenters. The van der Waals surface area contributed by atoms with Crippen molar-refractivity contribution in [2.75, 3.05) is 18.8 Å². The Morgan fingerprint density at radius 3 is 2.77 bits per heavy atom. The van der Waals surface area contributed by atoms with E-state index in [0.29, 0.717) is 36.9 Å². The summed E-state index contributed by atoms with van der Waals surface area (Å²) < 4.78 is 0. The number of carbonyl (C=O) groups excluding carboxylic acids is 3. The monoisotopic (exact) mass is 455 g/mol. The quantitative estimate of drug-likeness (QED) is 0.267. The van der Waals surface area contributed by atoms with Gasteiger partial charge in [-0.2, -0.15) is 11.8 Å². The average Bonchev–Trinajstić information content (AvgIpc) is 3.27. The fourth-order valence-corrected chi connectivity index (χ4v) is 5.23. The molecule has 0 aliphatic carbocycles. The number of unbranched alkanes of at least 4 members (excludes halogenated alkanes) is 1. The summed E-state index contributed by atoms with van der Waals surface area (Å²) in [6, 6.07) is 7.59. The smallest absolute Gasteiger partial charge is 0.315 e. The molecule has 8 nitrogen and oxygen atoms in total. The van der Waals surface area contributed by atoms with Crippen molar-refractivity contribution in [3.63, 3.8) is 0 Å². The van der Waals surface area contributed by atoms with Crippen LogP contribution in [0.25, 0.3) is 0 Å². The molecule has 1 aromatic rings. The lowest BCUT2D eigenvalue weighted by Gasteiger charge is -2.16. The van der Waals surface area contributed by atoms with E-state index in [1.54, 1.807) is 18.2 Å². The van der Waals surface area contributed by atoms with Crippen LogP contribution in [-0.2, 0) is 11.3 Å². The Hall–Kier alpha value is -1.97. The number of halogens is 1. The summed E-state index contributed by atoms with van der Waals surface area (Å²) in [4.78, 5) is 35.4. The SMILES string of the molecule is Cl.NCc1cccc(C(=O)NCCNC(=O)CCCC[C@@H]2SC[C@@H]3NC(=O)N[C@@H]32)c1. The van der Waals surface area contributed by atoms with Crippen LogP contribution in [0.2, 0.25) is 0 Å². The third kappa shape index (κ3) is 6.78. The molecule has 0 aromatic heterocycles.